The highest BCUT2D eigenvalue weighted by Crippen LogP contribution is 2.36. The molecule has 2 N–H and O–H groups in total. The molecule has 0 amide bonds. The standard InChI is InChI=1S/C13H19NO3S/c1-2-8-14-10-13(15)7-9-18(16,17)12-6-4-3-5-11(12)13/h3-6,14-15H,2,7-10H2,1H3. The van der Waals surface area contributed by atoms with Crippen LogP contribution in [0.25, 0.3) is 0 Å². The van der Waals surface area contributed by atoms with Crippen LogP contribution in [-0.4, -0.2) is 32.4 Å². The van der Waals surface area contributed by atoms with Gasteiger partial charge in [0.2, 0.25) is 0 Å². The van der Waals surface area contributed by atoms with Crippen molar-refractivity contribution in [2.24, 2.45) is 0 Å². The molecule has 1 aromatic rings. The van der Waals surface area contributed by atoms with Crippen molar-refractivity contribution in [2.75, 3.05) is 18.8 Å². The summed E-state index contributed by atoms with van der Waals surface area (Å²) in [6.07, 6.45) is 1.24. The van der Waals surface area contributed by atoms with E-state index in [9.17, 15) is 13.5 Å². The first-order valence-electron chi connectivity index (χ1n) is 6.25. The van der Waals surface area contributed by atoms with Crippen LogP contribution in [0.1, 0.15) is 25.3 Å². The van der Waals surface area contributed by atoms with E-state index in [2.05, 4.69) is 12.2 Å². The lowest BCUT2D eigenvalue weighted by Gasteiger charge is -2.34. The van der Waals surface area contributed by atoms with Gasteiger partial charge >= 0.3 is 0 Å². The molecule has 1 aromatic carbocycles. The molecule has 1 atom stereocenters. The monoisotopic (exact) mass is 269 g/mol. The molecule has 0 fully saturated rings. The van der Waals surface area contributed by atoms with Crippen LogP contribution in [0.5, 0.6) is 0 Å². The van der Waals surface area contributed by atoms with Gasteiger partial charge in [-0.05, 0) is 25.5 Å². The Morgan fingerprint density at radius 2 is 2.11 bits per heavy atom. The molecule has 4 nitrogen and oxygen atoms in total. The molecule has 0 aromatic heterocycles. The average molecular weight is 269 g/mol. The first kappa shape index (κ1) is 13.5. The van der Waals surface area contributed by atoms with E-state index < -0.39 is 15.4 Å². The lowest BCUT2D eigenvalue weighted by molar-refractivity contribution is 0.0285. The second kappa shape index (κ2) is 4.99. The van der Waals surface area contributed by atoms with E-state index in [0.717, 1.165) is 13.0 Å². The molecular weight excluding hydrogens is 250 g/mol. The second-order valence-electron chi connectivity index (χ2n) is 4.77. The molecule has 0 spiro atoms. The molecule has 5 heteroatoms. The number of fused-ring (bicyclic) bond motifs is 1. The van der Waals surface area contributed by atoms with Crippen molar-refractivity contribution in [3.8, 4) is 0 Å². The normalized spacial score (nSPS) is 25.7. The van der Waals surface area contributed by atoms with E-state index in [1.165, 1.54) is 0 Å². The summed E-state index contributed by atoms with van der Waals surface area (Å²) >= 11 is 0. The molecular formula is C13H19NO3S. The predicted molar refractivity (Wildman–Crippen MR) is 70.2 cm³/mol. The Kier molecular flexibility index (Phi) is 3.75. The Bertz CT molecular complexity index is 527. The summed E-state index contributed by atoms with van der Waals surface area (Å²) in [5.74, 6) is 0.00825. The van der Waals surface area contributed by atoms with Crippen molar-refractivity contribution >= 4 is 9.84 Å². The van der Waals surface area contributed by atoms with Crippen molar-refractivity contribution < 1.29 is 13.5 Å². The fraction of sp³-hybridized carbons (Fsp3) is 0.538. The fourth-order valence-electron chi connectivity index (χ4n) is 2.33. The quantitative estimate of drug-likeness (QED) is 0.802. The summed E-state index contributed by atoms with van der Waals surface area (Å²) in [5, 5.41) is 13.8. The number of sulfone groups is 1. The molecule has 18 heavy (non-hydrogen) atoms. The van der Waals surface area contributed by atoms with E-state index >= 15 is 0 Å². The van der Waals surface area contributed by atoms with Gasteiger partial charge in [0, 0.05) is 12.1 Å². The summed E-state index contributed by atoms with van der Waals surface area (Å²) in [4.78, 5) is 0.275. The van der Waals surface area contributed by atoms with Crippen LogP contribution in [0.15, 0.2) is 29.2 Å². The van der Waals surface area contributed by atoms with Gasteiger partial charge in [0.15, 0.2) is 9.84 Å². The van der Waals surface area contributed by atoms with Crippen LogP contribution >= 0.6 is 0 Å². The molecule has 1 aliphatic rings. The molecule has 1 aliphatic heterocycles. The highest BCUT2D eigenvalue weighted by molar-refractivity contribution is 7.91. The number of aliphatic hydroxyl groups is 1. The van der Waals surface area contributed by atoms with Crippen LogP contribution in [0, 0.1) is 0 Å². The Balaban J connectivity index is 2.36. The molecule has 1 unspecified atom stereocenters. The van der Waals surface area contributed by atoms with Gasteiger partial charge in [0.25, 0.3) is 0 Å². The third-order valence-corrected chi connectivity index (χ3v) is 5.12. The summed E-state index contributed by atoms with van der Waals surface area (Å²) in [7, 11) is -3.23. The zero-order chi connectivity index (χ0) is 13.2. The summed E-state index contributed by atoms with van der Waals surface area (Å²) in [6, 6.07) is 6.75. The molecule has 1 heterocycles. The molecule has 0 bridgehead atoms. The van der Waals surface area contributed by atoms with Gasteiger partial charge in [-0.2, -0.15) is 0 Å². The first-order chi connectivity index (χ1) is 8.49. The average Bonchev–Trinajstić information content (AvgIpc) is 2.36. The molecule has 0 aliphatic carbocycles. The highest BCUT2D eigenvalue weighted by atomic mass is 32.2. The van der Waals surface area contributed by atoms with Crippen molar-refractivity contribution in [1.29, 1.82) is 0 Å². The molecule has 0 saturated heterocycles. The molecule has 0 radical (unpaired) electrons. The third kappa shape index (κ3) is 2.43. The molecule has 2 rings (SSSR count). The van der Waals surface area contributed by atoms with Crippen molar-refractivity contribution in [1.82, 2.24) is 5.32 Å². The van der Waals surface area contributed by atoms with E-state index in [-0.39, 0.29) is 17.1 Å². The summed E-state index contributed by atoms with van der Waals surface area (Å²) < 4.78 is 23.9. The smallest absolute Gasteiger partial charge is 0.178 e. The zero-order valence-corrected chi connectivity index (χ0v) is 11.3. The van der Waals surface area contributed by atoms with E-state index in [1.54, 1.807) is 24.3 Å². The third-order valence-electron chi connectivity index (χ3n) is 3.35. The van der Waals surface area contributed by atoms with Crippen molar-refractivity contribution in [3.63, 3.8) is 0 Å². The summed E-state index contributed by atoms with van der Waals surface area (Å²) in [5.41, 5.74) is -0.545. The minimum Gasteiger partial charge on any atom is -0.384 e. The topological polar surface area (TPSA) is 66.4 Å². The number of hydrogen-bond acceptors (Lipinski definition) is 4. The van der Waals surface area contributed by atoms with Crippen LogP contribution in [-0.2, 0) is 15.4 Å². The second-order valence-corrected chi connectivity index (χ2v) is 6.85. The summed E-state index contributed by atoms with van der Waals surface area (Å²) in [6.45, 7) is 3.26. The Morgan fingerprint density at radius 3 is 2.83 bits per heavy atom. The van der Waals surface area contributed by atoms with Crippen LogP contribution in [0.3, 0.4) is 0 Å². The molecule has 0 saturated carbocycles. The number of hydrogen-bond donors (Lipinski definition) is 2. The lowest BCUT2D eigenvalue weighted by atomic mass is 9.90. The Labute approximate surface area is 108 Å². The van der Waals surface area contributed by atoms with Gasteiger partial charge in [0.1, 0.15) is 5.60 Å². The fourth-order valence-corrected chi connectivity index (χ4v) is 4.03. The van der Waals surface area contributed by atoms with E-state index in [4.69, 9.17) is 0 Å². The van der Waals surface area contributed by atoms with Gasteiger partial charge in [-0.15, -0.1) is 0 Å². The van der Waals surface area contributed by atoms with Gasteiger partial charge in [-0.25, -0.2) is 8.42 Å². The van der Waals surface area contributed by atoms with E-state index in [0.29, 0.717) is 12.1 Å². The number of benzene rings is 1. The number of rotatable bonds is 4. The first-order valence-corrected chi connectivity index (χ1v) is 7.90. The maximum atomic E-state index is 12.0. The largest absolute Gasteiger partial charge is 0.384 e. The van der Waals surface area contributed by atoms with Gasteiger partial charge < -0.3 is 10.4 Å². The zero-order valence-electron chi connectivity index (χ0n) is 10.5. The highest BCUT2D eigenvalue weighted by Gasteiger charge is 2.39. The van der Waals surface area contributed by atoms with Crippen LogP contribution in [0.2, 0.25) is 0 Å². The van der Waals surface area contributed by atoms with Gasteiger partial charge in [0.05, 0.1) is 10.6 Å². The van der Waals surface area contributed by atoms with Crippen LogP contribution in [0.4, 0.5) is 0 Å². The minimum absolute atomic E-state index is 0.00825. The lowest BCUT2D eigenvalue weighted by Crippen LogP contribution is -2.43. The van der Waals surface area contributed by atoms with Crippen molar-refractivity contribution in [3.05, 3.63) is 29.8 Å². The predicted octanol–water partition coefficient (Wildman–Crippen LogP) is 1.05. The Morgan fingerprint density at radius 1 is 1.39 bits per heavy atom. The number of nitrogens with one attached hydrogen (secondary N) is 1. The SMILES string of the molecule is CCCNCC1(O)CCS(=O)(=O)c2ccccc21. The maximum Gasteiger partial charge on any atom is 0.178 e. The Hall–Kier alpha value is -0.910. The minimum atomic E-state index is -3.23. The van der Waals surface area contributed by atoms with Gasteiger partial charge in [-0.1, -0.05) is 25.1 Å². The van der Waals surface area contributed by atoms with E-state index in [1.807, 2.05) is 0 Å². The van der Waals surface area contributed by atoms with Gasteiger partial charge in [-0.3, -0.25) is 0 Å². The van der Waals surface area contributed by atoms with Crippen molar-refractivity contribution in [2.45, 2.75) is 30.3 Å². The van der Waals surface area contributed by atoms with Crippen LogP contribution < -0.4 is 5.32 Å². The maximum absolute atomic E-state index is 12.0. The molecule has 100 valence electrons.